The predicted octanol–water partition coefficient (Wildman–Crippen LogP) is 4.87. The van der Waals surface area contributed by atoms with Gasteiger partial charge in [0.15, 0.2) is 0 Å². The molecule has 0 saturated carbocycles. The maximum atomic E-state index is 10.0. The topological polar surface area (TPSA) is 41.9 Å². The molecule has 2 aliphatic heterocycles. The van der Waals surface area contributed by atoms with Crippen LogP contribution in [0.3, 0.4) is 0 Å². The van der Waals surface area contributed by atoms with E-state index in [2.05, 4.69) is 57.7 Å². The van der Waals surface area contributed by atoms with Crippen LogP contribution >= 0.6 is 0 Å². The fraction of sp³-hybridized carbons (Fsp3) is 0.538. The van der Waals surface area contributed by atoms with E-state index in [4.69, 9.17) is 9.47 Å². The number of likely N-dealkylation sites (tertiary alicyclic amines) is 1. The Hall–Kier alpha value is -1.88. The number of ether oxygens (including phenoxy) is 2. The lowest BCUT2D eigenvalue weighted by Crippen LogP contribution is -2.51. The van der Waals surface area contributed by atoms with Crippen LogP contribution in [0.25, 0.3) is 0 Å². The van der Waals surface area contributed by atoms with Gasteiger partial charge in [-0.1, -0.05) is 36.4 Å². The largest absolute Gasteiger partial charge is 0.486 e. The smallest absolute Gasteiger partial charge is 0.127 e. The van der Waals surface area contributed by atoms with Crippen LogP contribution in [-0.4, -0.2) is 41.0 Å². The molecule has 2 aromatic rings. The van der Waals surface area contributed by atoms with Gasteiger partial charge in [0, 0.05) is 18.2 Å². The molecule has 2 aromatic carbocycles. The van der Waals surface area contributed by atoms with Gasteiger partial charge >= 0.3 is 0 Å². The van der Waals surface area contributed by atoms with E-state index in [9.17, 15) is 5.11 Å². The minimum atomic E-state index is -0.393. The van der Waals surface area contributed by atoms with Crippen LogP contribution in [0.5, 0.6) is 5.75 Å². The summed E-state index contributed by atoms with van der Waals surface area (Å²) in [6.45, 7) is 12.5. The zero-order chi connectivity index (χ0) is 21.5. The molecule has 2 aliphatic rings. The van der Waals surface area contributed by atoms with E-state index in [-0.39, 0.29) is 24.8 Å². The molecule has 30 heavy (non-hydrogen) atoms. The minimum Gasteiger partial charge on any atom is -0.486 e. The number of aliphatic hydroxyl groups is 1. The average Bonchev–Trinajstić information content (AvgIpc) is 3.30. The van der Waals surface area contributed by atoms with Crippen LogP contribution in [-0.2, 0) is 11.3 Å². The molecule has 4 heteroatoms. The summed E-state index contributed by atoms with van der Waals surface area (Å²) in [5, 5.41) is 10.0. The monoisotopic (exact) mass is 409 g/mol. The Bertz CT molecular complexity index is 893. The van der Waals surface area contributed by atoms with Gasteiger partial charge in [-0.2, -0.15) is 0 Å². The van der Waals surface area contributed by atoms with E-state index in [0.717, 1.165) is 30.7 Å². The third-order valence-electron chi connectivity index (χ3n) is 6.97. The highest BCUT2D eigenvalue weighted by Crippen LogP contribution is 2.52. The van der Waals surface area contributed by atoms with Crippen molar-refractivity contribution < 1.29 is 14.6 Å². The first-order valence-corrected chi connectivity index (χ1v) is 11.2. The van der Waals surface area contributed by atoms with Gasteiger partial charge in [0.1, 0.15) is 17.6 Å². The van der Waals surface area contributed by atoms with E-state index in [0.29, 0.717) is 6.61 Å². The Balaban J connectivity index is 1.75. The minimum absolute atomic E-state index is 0.0719. The number of fused-ring (bicyclic) bond motifs is 1. The van der Waals surface area contributed by atoms with Crippen LogP contribution in [0.15, 0.2) is 36.4 Å². The molecule has 0 aliphatic carbocycles. The van der Waals surface area contributed by atoms with E-state index >= 15 is 0 Å². The lowest BCUT2D eigenvalue weighted by atomic mass is 9.81. The molecular weight excluding hydrogens is 374 g/mol. The van der Waals surface area contributed by atoms with Gasteiger partial charge in [-0.15, -0.1) is 0 Å². The summed E-state index contributed by atoms with van der Waals surface area (Å²) in [5.74, 6) is 1.10. The van der Waals surface area contributed by atoms with Crippen molar-refractivity contribution in [3.8, 4) is 5.75 Å². The summed E-state index contributed by atoms with van der Waals surface area (Å²) in [4.78, 5) is 2.38. The standard InChI is InChI=1S/C26H35NO3/c1-17-14-18(2)22-23(26(4,5)30-24(22)19(17)3)25(27-13-9-12-21(27)15-28)29-16-20-10-7-6-8-11-20/h6-8,10-11,14,21,23,25,28H,9,12-13,15-16H2,1-5H3/t21-,23?,25?/m0/s1. The summed E-state index contributed by atoms with van der Waals surface area (Å²) >= 11 is 0. The van der Waals surface area contributed by atoms with E-state index < -0.39 is 5.60 Å². The first-order chi connectivity index (χ1) is 14.3. The van der Waals surface area contributed by atoms with Crippen molar-refractivity contribution in [3.05, 3.63) is 64.2 Å². The average molecular weight is 410 g/mol. The number of rotatable bonds is 6. The highest BCUT2D eigenvalue weighted by molar-refractivity contribution is 5.55. The number of hydrogen-bond donors (Lipinski definition) is 1. The van der Waals surface area contributed by atoms with Crippen molar-refractivity contribution in [2.45, 2.75) is 77.9 Å². The van der Waals surface area contributed by atoms with Crippen LogP contribution in [0.4, 0.5) is 0 Å². The van der Waals surface area contributed by atoms with Gasteiger partial charge in [-0.05, 0) is 69.7 Å². The van der Waals surface area contributed by atoms with Gasteiger partial charge in [-0.3, -0.25) is 4.90 Å². The molecule has 4 rings (SSSR count). The molecule has 0 amide bonds. The molecule has 2 heterocycles. The lowest BCUT2D eigenvalue weighted by molar-refractivity contribution is -0.119. The molecule has 0 spiro atoms. The summed E-state index contributed by atoms with van der Waals surface area (Å²) in [7, 11) is 0. The molecule has 162 valence electrons. The summed E-state index contributed by atoms with van der Waals surface area (Å²) < 4.78 is 13.3. The van der Waals surface area contributed by atoms with Gasteiger partial charge in [0.2, 0.25) is 0 Å². The Morgan fingerprint density at radius 1 is 1.17 bits per heavy atom. The first-order valence-electron chi connectivity index (χ1n) is 11.2. The van der Waals surface area contributed by atoms with Crippen LogP contribution in [0.2, 0.25) is 0 Å². The maximum Gasteiger partial charge on any atom is 0.127 e. The van der Waals surface area contributed by atoms with Crippen molar-refractivity contribution in [3.63, 3.8) is 0 Å². The molecule has 2 unspecified atom stereocenters. The summed E-state index contributed by atoms with van der Waals surface area (Å²) in [6.07, 6.45) is 1.94. The highest BCUT2D eigenvalue weighted by atomic mass is 16.5. The molecule has 1 saturated heterocycles. The highest BCUT2D eigenvalue weighted by Gasteiger charge is 2.51. The second-order valence-electron chi connectivity index (χ2n) is 9.46. The molecule has 1 N–H and O–H groups in total. The Kier molecular flexibility index (Phi) is 5.93. The number of aliphatic hydroxyl groups excluding tert-OH is 1. The molecule has 4 nitrogen and oxygen atoms in total. The quantitative estimate of drug-likeness (QED) is 0.739. The van der Waals surface area contributed by atoms with E-state index in [1.165, 1.54) is 22.3 Å². The van der Waals surface area contributed by atoms with Crippen molar-refractivity contribution in [2.24, 2.45) is 0 Å². The van der Waals surface area contributed by atoms with Gasteiger partial charge in [0.05, 0.1) is 19.1 Å². The third kappa shape index (κ3) is 3.77. The zero-order valence-corrected chi connectivity index (χ0v) is 18.9. The number of nitrogens with zero attached hydrogens (tertiary/aromatic N) is 1. The zero-order valence-electron chi connectivity index (χ0n) is 18.9. The first kappa shape index (κ1) is 21.4. The van der Waals surface area contributed by atoms with Crippen LogP contribution in [0, 0.1) is 20.8 Å². The van der Waals surface area contributed by atoms with Crippen LogP contribution < -0.4 is 4.74 Å². The SMILES string of the molecule is Cc1cc(C)c2c(c1C)OC(C)(C)C2C(OCc1ccccc1)N1CCC[C@H]1CO. The van der Waals surface area contributed by atoms with Crippen molar-refractivity contribution in [1.29, 1.82) is 0 Å². The fourth-order valence-corrected chi connectivity index (χ4v) is 5.28. The molecule has 0 aromatic heterocycles. The number of hydrogen-bond acceptors (Lipinski definition) is 4. The predicted molar refractivity (Wildman–Crippen MR) is 120 cm³/mol. The molecule has 3 atom stereocenters. The van der Waals surface area contributed by atoms with Gasteiger partial charge < -0.3 is 14.6 Å². The lowest BCUT2D eigenvalue weighted by Gasteiger charge is -2.40. The molecule has 0 radical (unpaired) electrons. The maximum absolute atomic E-state index is 10.0. The molecule has 1 fully saturated rings. The Labute approximate surface area is 180 Å². The van der Waals surface area contributed by atoms with Crippen molar-refractivity contribution in [2.75, 3.05) is 13.2 Å². The fourth-order valence-electron chi connectivity index (χ4n) is 5.28. The molecular formula is C26H35NO3. The van der Waals surface area contributed by atoms with E-state index in [1.54, 1.807) is 0 Å². The second kappa shape index (κ2) is 8.33. The normalized spacial score (nSPS) is 23.9. The third-order valence-corrected chi connectivity index (χ3v) is 6.97. The van der Waals surface area contributed by atoms with Crippen LogP contribution in [0.1, 0.15) is 60.4 Å². The molecule has 0 bridgehead atoms. The summed E-state index contributed by atoms with van der Waals surface area (Å²) in [5.41, 5.74) is 5.78. The number of aryl methyl sites for hydroxylation is 2. The van der Waals surface area contributed by atoms with Gasteiger partial charge in [-0.25, -0.2) is 0 Å². The van der Waals surface area contributed by atoms with Gasteiger partial charge in [0.25, 0.3) is 0 Å². The van der Waals surface area contributed by atoms with Crippen molar-refractivity contribution >= 4 is 0 Å². The Morgan fingerprint density at radius 3 is 2.60 bits per heavy atom. The summed E-state index contributed by atoms with van der Waals surface area (Å²) in [6, 6.07) is 12.7. The van der Waals surface area contributed by atoms with Crippen molar-refractivity contribution in [1.82, 2.24) is 4.90 Å². The number of benzene rings is 2. The van der Waals surface area contributed by atoms with E-state index in [1.807, 2.05) is 18.2 Å². The second-order valence-corrected chi connectivity index (χ2v) is 9.46. The Morgan fingerprint density at radius 2 is 1.90 bits per heavy atom.